The fraction of sp³-hybridized carbons (Fsp3) is 0.421. The molecule has 26 heavy (non-hydrogen) atoms. The van der Waals surface area contributed by atoms with Crippen LogP contribution in [0, 0.1) is 26.7 Å². The van der Waals surface area contributed by atoms with Gasteiger partial charge >= 0.3 is 0 Å². The topological polar surface area (TPSA) is 58.1 Å². The highest BCUT2D eigenvalue weighted by Crippen LogP contribution is 2.32. The van der Waals surface area contributed by atoms with Gasteiger partial charge in [-0.05, 0) is 51.3 Å². The molecule has 3 heterocycles. The van der Waals surface area contributed by atoms with Gasteiger partial charge in [0.15, 0.2) is 10.3 Å². The standard InChI is InChI=1S/C19H22N4OS2/c1-11-6-7-15-16(9-11)26-19(21-15)23-8-4-5-14(10-23)17(24)22-18-20-12(2)13(3)25-18/h6-7,9,14H,4-5,8,10H2,1-3H3,(H,20,22,24). The molecule has 0 aliphatic carbocycles. The summed E-state index contributed by atoms with van der Waals surface area (Å²) in [7, 11) is 0. The number of carbonyl (C=O) groups excluding carboxylic acids is 1. The third-order valence-corrected chi connectivity index (χ3v) is 6.92. The molecule has 136 valence electrons. The predicted octanol–water partition coefficient (Wildman–Crippen LogP) is 4.53. The lowest BCUT2D eigenvalue weighted by Crippen LogP contribution is -2.40. The van der Waals surface area contributed by atoms with E-state index in [1.165, 1.54) is 10.3 Å². The highest BCUT2D eigenvalue weighted by molar-refractivity contribution is 7.22. The maximum atomic E-state index is 12.7. The Bertz CT molecular complexity index is 942. The number of hydrogen-bond acceptors (Lipinski definition) is 6. The Morgan fingerprint density at radius 3 is 2.85 bits per heavy atom. The first-order valence-corrected chi connectivity index (χ1v) is 10.5. The highest BCUT2D eigenvalue weighted by atomic mass is 32.1. The Morgan fingerprint density at radius 1 is 1.23 bits per heavy atom. The fourth-order valence-corrected chi connectivity index (χ4v) is 5.17. The zero-order chi connectivity index (χ0) is 18.3. The van der Waals surface area contributed by atoms with Crippen LogP contribution < -0.4 is 10.2 Å². The predicted molar refractivity (Wildman–Crippen MR) is 110 cm³/mol. The number of aromatic nitrogens is 2. The summed E-state index contributed by atoms with van der Waals surface area (Å²) in [6.07, 6.45) is 1.92. The molecule has 1 unspecified atom stereocenters. The minimum Gasteiger partial charge on any atom is -0.347 e. The van der Waals surface area contributed by atoms with Crippen LogP contribution in [0.1, 0.15) is 29.0 Å². The molecular formula is C19H22N4OS2. The number of fused-ring (bicyclic) bond motifs is 1. The van der Waals surface area contributed by atoms with E-state index in [9.17, 15) is 4.79 Å². The van der Waals surface area contributed by atoms with Gasteiger partial charge in [-0.3, -0.25) is 4.79 Å². The average Bonchev–Trinajstić information content (AvgIpc) is 3.17. The summed E-state index contributed by atoms with van der Waals surface area (Å²) < 4.78 is 1.21. The van der Waals surface area contributed by atoms with Crippen LogP contribution in [-0.2, 0) is 4.79 Å². The van der Waals surface area contributed by atoms with Crippen molar-refractivity contribution in [3.05, 3.63) is 34.3 Å². The summed E-state index contributed by atoms with van der Waals surface area (Å²) in [5.41, 5.74) is 3.27. The van der Waals surface area contributed by atoms with Crippen LogP contribution in [-0.4, -0.2) is 29.0 Å². The maximum absolute atomic E-state index is 12.7. The molecule has 3 aromatic rings. The van der Waals surface area contributed by atoms with Crippen LogP contribution in [0.5, 0.6) is 0 Å². The van der Waals surface area contributed by atoms with Crippen LogP contribution in [0.4, 0.5) is 10.3 Å². The molecule has 0 bridgehead atoms. The van der Waals surface area contributed by atoms with Crippen LogP contribution in [0.15, 0.2) is 18.2 Å². The van der Waals surface area contributed by atoms with Gasteiger partial charge < -0.3 is 10.2 Å². The number of amides is 1. The van der Waals surface area contributed by atoms with Crippen LogP contribution in [0.25, 0.3) is 10.2 Å². The molecule has 2 aromatic heterocycles. The van der Waals surface area contributed by atoms with E-state index in [-0.39, 0.29) is 11.8 Å². The van der Waals surface area contributed by atoms with Crippen molar-refractivity contribution in [2.75, 3.05) is 23.3 Å². The van der Waals surface area contributed by atoms with Gasteiger partial charge in [-0.2, -0.15) is 0 Å². The molecule has 1 fully saturated rings. The van der Waals surface area contributed by atoms with Gasteiger partial charge in [-0.1, -0.05) is 17.4 Å². The van der Waals surface area contributed by atoms with E-state index in [4.69, 9.17) is 4.98 Å². The highest BCUT2D eigenvalue weighted by Gasteiger charge is 2.28. The van der Waals surface area contributed by atoms with Gasteiger partial charge in [0.05, 0.1) is 21.8 Å². The monoisotopic (exact) mass is 386 g/mol. The second kappa shape index (κ2) is 6.96. The fourth-order valence-electron chi connectivity index (χ4n) is 3.25. The molecule has 4 rings (SSSR count). The molecule has 1 amide bonds. The van der Waals surface area contributed by atoms with E-state index in [0.717, 1.165) is 40.6 Å². The third-order valence-electron chi connectivity index (χ3n) is 4.85. The van der Waals surface area contributed by atoms with Crippen molar-refractivity contribution in [2.24, 2.45) is 5.92 Å². The molecule has 1 aromatic carbocycles. The van der Waals surface area contributed by atoms with Crippen molar-refractivity contribution in [1.82, 2.24) is 9.97 Å². The molecule has 1 saturated heterocycles. The zero-order valence-electron chi connectivity index (χ0n) is 15.2. The molecule has 5 nitrogen and oxygen atoms in total. The number of piperidine rings is 1. The third kappa shape index (κ3) is 3.46. The molecular weight excluding hydrogens is 364 g/mol. The molecule has 0 spiro atoms. The first-order chi connectivity index (χ1) is 12.5. The van der Waals surface area contributed by atoms with Gasteiger partial charge in [0.1, 0.15) is 0 Å². The lowest BCUT2D eigenvalue weighted by atomic mass is 9.97. The smallest absolute Gasteiger partial charge is 0.231 e. The van der Waals surface area contributed by atoms with E-state index in [0.29, 0.717) is 11.7 Å². The molecule has 7 heteroatoms. The second-order valence-corrected chi connectivity index (χ2v) is 9.11. The maximum Gasteiger partial charge on any atom is 0.231 e. The van der Waals surface area contributed by atoms with Crippen molar-refractivity contribution in [3.63, 3.8) is 0 Å². The second-order valence-electron chi connectivity index (χ2n) is 6.90. The van der Waals surface area contributed by atoms with Gasteiger partial charge in [-0.15, -0.1) is 11.3 Å². The zero-order valence-corrected chi connectivity index (χ0v) is 16.8. The van der Waals surface area contributed by atoms with Crippen molar-refractivity contribution in [3.8, 4) is 0 Å². The quantitative estimate of drug-likeness (QED) is 0.718. The summed E-state index contributed by atoms with van der Waals surface area (Å²) in [5, 5.41) is 4.73. The Balaban J connectivity index is 1.48. The van der Waals surface area contributed by atoms with E-state index in [1.54, 1.807) is 22.7 Å². The number of aryl methyl sites for hydroxylation is 3. The SMILES string of the molecule is Cc1ccc2nc(N3CCCC(C(=O)Nc4nc(C)c(C)s4)C3)sc2c1. The number of benzene rings is 1. The lowest BCUT2D eigenvalue weighted by molar-refractivity contribution is -0.120. The van der Waals surface area contributed by atoms with E-state index in [2.05, 4.69) is 40.3 Å². The number of nitrogens with zero attached hydrogens (tertiary/aromatic N) is 3. The Morgan fingerprint density at radius 2 is 2.08 bits per heavy atom. The first kappa shape index (κ1) is 17.4. The summed E-state index contributed by atoms with van der Waals surface area (Å²) in [6, 6.07) is 6.35. The number of nitrogens with one attached hydrogen (secondary N) is 1. The van der Waals surface area contributed by atoms with Crippen molar-refractivity contribution in [1.29, 1.82) is 0 Å². The summed E-state index contributed by atoms with van der Waals surface area (Å²) >= 11 is 3.26. The summed E-state index contributed by atoms with van der Waals surface area (Å²) in [6.45, 7) is 7.77. The number of carbonyl (C=O) groups is 1. The minimum absolute atomic E-state index is 0.0259. The molecule has 1 atom stereocenters. The molecule has 1 N–H and O–H groups in total. The van der Waals surface area contributed by atoms with Gasteiger partial charge in [0, 0.05) is 18.0 Å². The molecule has 0 saturated carbocycles. The van der Waals surface area contributed by atoms with Crippen molar-refractivity contribution >= 4 is 49.1 Å². The van der Waals surface area contributed by atoms with E-state index >= 15 is 0 Å². The molecule has 0 radical (unpaired) electrons. The lowest BCUT2D eigenvalue weighted by Gasteiger charge is -2.31. The first-order valence-electron chi connectivity index (χ1n) is 8.86. The average molecular weight is 387 g/mol. The van der Waals surface area contributed by atoms with E-state index < -0.39 is 0 Å². The molecule has 1 aliphatic heterocycles. The van der Waals surface area contributed by atoms with E-state index in [1.807, 2.05) is 13.8 Å². The van der Waals surface area contributed by atoms with Crippen LogP contribution in [0.2, 0.25) is 0 Å². The van der Waals surface area contributed by atoms with Gasteiger partial charge in [0.2, 0.25) is 5.91 Å². The number of thiazole rings is 2. The van der Waals surface area contributed by atoms with Gasteiger partial charge in [-0.25, -0.2) is 9.97 Å². The Kier molecular flexibility index (Phi) is 4.67. The number of rotatable bonds is 3. The van der Waals surface area contributed by atoms with Crippen molar-refractivity contribution in [2.45, 2.75) is 33.6 Å². The van der Waals surface area contributed by atoms with Gasteiger partial charge in [0.25, 0.3) is 0 Å². The van der Waals surface area contributed by atoms with Crippen LogP contribution >= 0.6 is 22.7 Å². The molecule has 1 aliphatic rings. The number of anilines is 2. The minimum atomic E-state index is -0.0259. The Hall–Kier alpha value is -1.99. The Labute approximate surface area is 161 Å². The normalized spacial score (nSPS) is 17.7. The van der Waals surface area contributed by atoms with Crippen molar-refractivity contribution < 1.29 is 4.79 Å². The summed E-state index contributed by atoms with van der Waals surface area (Å²) in [5.74, 6) is 0.0439. The summed E-state index contributed by atoms with van der Waals surface area (Å²) in [4.78, 5) is 25.3. The van der Waals surface area contributed by atoms with Crippen LogP contribution in [0.3, 0.4) is 0 Å². The largest absolute Gasteiger partial charge is 0.347 e. The number of hydrogen-bond donors (Lipinski definition) is 1.